The van der Waals surface area contributed by atoms with Gasteiger partial charge in [0.2, 0.25) is 5.91 Å². The number of thiazole rings is 1. The third-order valence-corrected chi connectivity index (χ3v) is 7.37. The van der Waals surface area contributed by atoms with Gasteiger partial charge in [0.1, 0.15) is 4.88 Å². The molecule has 3 aromatic heterocycles. The number of thioether (sulfide) groups is 1. The molecule has 164 valence electrons. The monoisotopic (exact) mass is 476 g/mol. The number of nitrogens with one attached hydrogen (secondary N) is 1. The molecule has 0 spiro atoms. The van der Waals surface area contributed by atoms with Crippen molar-refractivity contribution in [2.75, 3.05) is 25.2 Å². The number of hydrogen-bond acceptors (Lipinski definition) is 8. The molecule has 0 bridgehead atoms. The fraction of sp³-hybridized carbons (Fsp3) is 0.350. The Kier molecular flexibility index (Phi) is 7.63. The number of carbonyl (C=O) groups excluding carboxylic acids is 2. The lowest BCUT2D eigenvalue weighted by molar-refractivity contribution is -0.113. The number of aryl methyl sites for hydroxylation is 2. The number of carbonyl (C=O) groups is 2. The molecule has 3 rings (SSSR count). The minimum absolute atomic E-state index is 0.130. The van der Waals surface area contributed by atoms with Crippen molar-refractivity contribution in [2.24, 2.45) is 0 Å². The van der Waals surface area contributed by atoms with Crippen molar-refractivity contribution < 1.29 is 9.59 Å². The molecule has 0 fully saturated rings. The van der Waals surface area contributed by atoms with E-state index < -0.39 is 0 Å². The molecule has 0 radical (unpaired) electrons. The Bertz CT molecular complexity index is 1100. The third kappa shape index (κ3) is 5.41. The molecule has 0 unspecified atom stereocenters. The Hall–Kier alpha value is -2.50. The molecule has 3 heterocycles. The average molecular weight is 477 g/mol. The lowest BCUT2D eigenvalue weighted by atomic mass is 10.2. The number of allylic oxidation sites excluding steroid dienone is 1. The molecule has 0 aliphatic carbocycles. The van der Waals surface area contributed by atoms with Crippen LogP contribution in [0.3, 0.4) is 0 Å². The second kappa shape index (κ2) is 10.2. The highest BCUT2D eigenvalue weighted by molar-refractivity contribution is 7.99. The number of aromatic nitrogens is 4. The SMILES string of the molecule is C=CCn1c(SCC(=O)Nc2nc(C)c(C(=O)N(C)C)s2)nnc1-c1csc(CC)c1. The molecule has 0 atom stereocenters. The molecular formula is C20H24N6O2S3. The van der Waals surface area contributed by atoms with E-state index in [1.54, 1.807) is 38.4 Å². The molecular weight excluding hydrogens is 452 g/mol. The van der Waals surface area contributed by atoms with Gasteiger partial charge in [-0.15, -0.1) is 28.1 Å². The van der Waals surface area contributed by atoms with E-state index >= 15 is 0 Å². The summed E-state index contributed by atoms with van der Waals surface area (Å²) in [5, 5.41) is 14.5. The highest BCUT2D eigenvalue weighted by Gasteiger charge is 2.19. The maximum absolute atomic E-state index is 12.5. The normalized spacial score (nSPS) is 10.8. The van der Waals surface area contributed by atoms with Gasteiger partial charge in [-0.3, -0.25) is 14.2 Å². The molecule has 31 heavy (non-hydrogen) atoms. The van der Waals surface area contributed by atoms with Crippen molar-refractivity contribution in [2.45, 2.75) is 32.0 Å². The Morgan fingerprint density at radius 2 is 2.13 bits per heavy atom. The van der Waals surface area contributed by atoms with Gasteiger partial charge in [0, 0.05) is 36.5 Å². The smallest absolute Gasteiger partial charge is 0.265 e. The lowest BCUT2D eigenvalue weighted by Crippen LogP contribution is -2.21. The second-order valence-electron chi connectivity index (χ2n) is 6.83. The average Bonchev–Trinajstić information content (AvgIpc) is 3.44. The van der Waals surface area contributed by atoms with E-state index in [4.69, 9.17) is 0 Å². The summed E-state index contributed by atoms with van der Waals surface area (Å²) >= 11 is 4.17. The van der Waals surface area contributed by atoms with Gasteiger partial charge < -0.3 is 10.2 Å². The maximum Gasteiger partial charge on any atom is 0.265 e. The predicted molar refractivity (Wildman–Crippen MR) is 127 cm³/mol. The van der Waals surface area contributed by atoms with Crippen LogP contribution in [0.4, 0.5) is 5.13 Å². The van der Waals surface area contributed by atoms with Crippen molar-refractivity contribution in [1.82, 2.24) is 24.6 Å². The van der Waals surface area contributed by atoms with Gasteiger partial charge >= 0.3 is 0 Å². The van der Waals surface area contributed by atoms with Crippen LogP contribution in [0.15, 0.2) is 29.3 Å². The summed E-state index contributed by atoms with van der Waals surface area (Å²) in [5.41, 5.74) is 1.62. The Morgan fingerprint density at radius 3 is 2.77 bits per heavy atom. The summed E-state index contributed by atoms with van der Waals surface area (Å²) < 4.78 is 1.95. The molecule has 8 nitrogen and oxygen atoms in total. The Morgan fingerprint density at radius 1 is 1.35 bits per heavy atom. The topological polar surface area (TPSA) is 93.0 Å². The van der Waals surface area contributed by atoms with Crippen LogP contribution in [0.1, 0.15) is 27.2 Å². The molecule has 0 aliphatic heterocycles. The van der Waals surface area contributed by atoms with E-state index in [9.17, 15) is 9.59 Å². The molecule has 0 aromatic carbocycles. The fourth-order valence-corrected chi connectivity index (χ4v) is 5.29. The Labute approximate surface area is 193 Å². The van der Waals surface area contributed by atoms with E-state index in [1.165, 1.54) is 32.9 Å². The number of amides is 2. The van der Waals surface area contributed by atoms with Crippen LogP contribution in [0.25, 0.3) is 11.4 Å². The van der Waals surface area contributed by atoms with Crippen molar-refractivity contribution in [3.05, 3.63) is 39.5 Å². The van der Waals surface area contributed by atoms with Crippen LogP contribution in [0.2, 0.25) is 0 Å². The zero-order valence-electron chi connectivity index (χ0n) is 17.8. The summed E-state index contributed by atoms with van der Waals surface area (Å²) in [4.78, 5) is 32.2. The van der Waals surface area contributed by atoms with Crippen LogP contribution < -0.4 is 5.32 Å². The molecule has 11 heteroatoms. The number of anilines is 1. The van der Waals surface area contributed by atoms with Gasteiger partial charge in [0.05, 0.1) is 11.4 Å². The fourth-order valence-electron chi connectivity index (χ4n) is 2.72. The van der Waals surface area contributed by atoms with Crippen LogP contribution in [-0.2, 0) is 17.8 Å². The predicted octanol–water partition coefficient (Wildman–Crippen LogP) is 3.95. The third-order valence-electron chi connectivity index (χ3n) is 4.26. The van der Waals surface area contributed by atoms with Crippen LogP contribution >= 0.6 is 34.4 Å². The Balaban J connectivity index is 1.68. The van der Waals surface area contributed by atoms with E-state index in [0.717, 1.165) is 17.8 Å². The minimum atomic E-state index is -0.221. The maximum atomic E-state index is 12.5. The highest BCUT2D eigenvalue weighted by atomic mass is 32.2. The number of thiophene rings is 1. The number of rotatable bonds is 9. The molecule has 1 N–H and O–H groups in total. The molecule has 0 saturated carbocycles. The highest BCUT2D eigenvalue weighted by Crippen LogP contribution is 2.29. The first-order valence-corrected chi connectivity index (χ1v) is 12.3. The quantitative estimate of drug-likeness (QED) is 0.371. The van der Waals surface area contributed by atoms with Gasteiger partial charge in [0.25, 0.3) is 5.91 Å². The van der Waals surface area contributed by atoms with Gasteiger partial charge in [-0.1, -0.05) is 36.1 Å². The first-order chi connectivity index (χ1) is 14.8. The number of nitrogens with zero attached hydrogens (tertiary/aromatic N) is 5. The van der Waals surface area contributed by atoms with E-state index in [-0.39, 0.29) is 17.6 Å². The zero-order valence-corrected chi connectivity index (χ0v) is 20.3. The first kappa shape index (κ1) is 23.2. The van der Waals surface area contributed by atoms with Crippen molar-refractivity contribution in [3.8, 4) is 11.4 Å². The van der Waals surface area contributed by atoms with Crippen molar-refractivity contribution >= 4 is 51.4 Å². The summed E-state index contributed by atoms with van der Waals surface area (Å²) in [6.07, 6.45) is 2.76. The first-order valence-electron chi connectivity index (χ1n) is 9.57. The molecule has 2 amide bonds. The summed E-state index contributed by atoms with van der Waals surface area (Å²) in [6.45, 7) is 8.24. The van der Waals surface area contributed by atoms with Crippen LogP contribution in [0.5, 0.6) is 0 Å². The van der Waals surface area contributed by atoms with Crippen molar-refractivity contribution in [3.63, 3.8) is 0 Å². The largest absolute Gasteiger partial charge is 0.344 e. The molecule has 3 aromatic rings. The van der Waals surface area contributed by atoms with E-state index in [1.807, 2.05) is 4.57 Å². The lowest BCUT2D eigenvalue weighted by Gasteiger charge is -2.07. The van der Waals surface area contributed by atoms with Crippen LogP contribution in [-0.4, -0.2) is 56.3 Å². The van der Waals surface area contributed by atoms with Gasteiger partial charge in [-0.05, 0) is 19.4 Å². The standard InChI is InChI=1S/C20H24N6O2S3/c1-6-8-26-17(13-9-14(7-2)29-10-13)23-24-20(26)30-11-15(27)22-19-21-12(3)16(31-19)18(28)25(4)5/h6,9-10H,1,7-8,11H2,2-5H3,(H,21,22,27). The minimum Gasteiger partial charge on any atom is -0.344 e. The zero-order chi connectivity index (χ0) is 22.5. The van der Waals surface area contributed by atoms with E-state index in [0.29, 0.717) is 27.4 Å². The molecule has 0 saturated heterocycles. The second-order valence-corrected chi connectivity index (χ2v) is 9.77. The van der Waals surface area contributed by atoms with E-state index in [2.05, 4.69) is 45.4 Å². The molecule has 0 aliphatic rings. The van der Waals surface area contributed by atoms with Gasteiger partial charge in [-0.25, -0.2) is 4.98 Å². The van der Waals surface area contributed by atoms with Crippen molar-refractivity contribution in [1.29, 1.82) is 0 Å². The van der Waals surface area contributed by atoms with Crippen LogP contribution in [0, 0.1) is 6.92 Å². The van der Waals surface area contributed by atoms with Gasteiger partial charge in [-0.2, -0.15) is 0 Å². The summed E-state index contributed by atoms with van der Waals surface area (Å²) in [7, 11) is 3.37. The van der Waals surface area contributed by atoms with Gasteiger partial charge in [0.15, 0.2) is 16.1 Å². The number of hydrogen-bond donors (Lipinski definition) is 1. The summed E-state index contributed by atoms with van der Waals surface area (Å²) in [6, 6.07) is 2.12. The summed E-state index contributed by atoms with van der Waals surface area (Å²) in [5.74, 6) is 0.561.